The molecule has 0 aliphatic carbocycles. The summed E-state index contributed by atoms with van der Waals surface area (Å²) in [4.78, 5) is 4.13. The highest BCUT2D eigenvalue weighted by Crippen LogP contribution is 2.21. The zero-order chi connectivity index (χ0) is 21.8. The monoisotopic (exact) mass is 443 g/mol. The summed E-state index contributed by atoms with van der Waals surface area (Å²) < 4.78 is 54.0. The molecule has 0 spiro atoms. The molecule has 0 radical (unpaired) electrons. The number of halogens is 2. The molecule has 1 N–H and O–H groups in total. The van der Waals surface area contributed by atoms with Gasteiger partial charge in [-0.3, -0.25) is 9.62 Å². The van der Waals surface area contributed by atoms with Crippen molar-refractivity contribution in [3.8, 4) is 0 Å². The van der Waals surface area contributed by atoms with E-state index in [0.717, 1.165) is 50.4 Å². The molecule has 1 saturated heterocycles. The number of anilines is 2. The van der Waals surface area contributed by atoms with Gasteiger partial charge in [0.15, 0.2) is 0 Å². The van der Waals surface area contributed by atoms with Gasteiger partial charge in [-0.25, -0.2) is 17.2 Å². The number of nitrogens with one attached hydrogen (secondary N) is 1. The van der Waals surface area contributed by atoms with Gasteiger partial charge in [-0.1, -0.05) is 30.3 Å². The molecule has 3 aromatic rings. The van der Waals surface area contributed by atoms with Gasteiger partial charge >= 0.3 is 0 Å². The van der Waals surface area contributed by atoms with E-state index >= 15 is 0 Å². The van der Waals surface area contributed by atoms with Crippen LogP contribution < -0.4 is 9.62 Å². The molecule has 0 saturated carbocycles. The quantitative estimate of drug-likeness (QED) is 0.624. The molecule has 3 aromatic carbocycles. The van der Waals surface area contributed by atoms with Crippen LogP contribution in [-0.4, -0.2) is 39.5 Å². The molecule has 31 heavy (non-hydrogen) atoms. The van der Waals surface area contributed by atoms with Crippen molar-refractivity contribution in [3.05, 3.63) is 90.0 Å². The van der Waals surface area contributed by atoms with Gasteiger partial charge in [-0.15, -0.1) is 0 Å². The maximum atomic E-state index is 13.8. The summed E-state index contributed by atoms with van der Waals surface area (Å²) in [6, 6.07) is 19.7. The van der Waals surface area contributed by atoms with Gasteiger partial charge in [-0.2, -0.15) is 0 Å². The van der Waals surface area contributed by atoms with Crippen molar-refractivity contribution in [1.29, 1.82) is 0 Å². The predicted octanol–water partition coefficient (Wildman–Crippen LogP) is 4.09. The Balaban J connectivity index is 1.34. The van der Waals surface area contributed by atoms with Crippen molar-refractivity contribution < 1.29 is 17.2 Å². The normalized spacial score (nSPS) is 15.1. The number of sulfonamides is 1. The molecular weight excluding hydrogens is 420 g/mol. The second-order valence-electron chi connectivity index (χ2n) is 7.48. The highest BCUT2D eigenvalue weighted by Gasteiger charge is 2.20. The van der Waals surface area contributed by atoms with Crippen LogP contribution in [0, 0.1) is 11.6 Å². The summed E-state index contributed by atoms with van der Waals surface area (Å²) in [7, 11) is -4.14. The lowest BCUT2D eigenvalue weighted by Crippen LogP contribution is -2.45. The molecule has 4 rings (SSSR count). The summed E-state index contributed by atoms with van der Waals surface area (Å²) in [6.45, 7) is 4.54. The third-order valence-corrected chi connectivity index (χ3v) is 6.70. The van der Waals surface area contributed by atoms with Crippen molar-refractivity contribution in [2.24, 2.45) is 0 Å². The fourth-order valence-corrected chi connectivity index (χ4v) is 4.76. The van der Waals surface area contributed by atoms with E-state index < -0.39 is 26.6 Å². The molecular formula is C23H23F2N3O2S. The third-order valence-electron chi connectivity index (χ3n) is 5.29. The molecule has 162 valence electrons. The summed E-state index contributed by atoms with van der Waals surface area (Å²) in [5, 5.41) is 0. The highest BCUT2D eigenvalue weighted by molar-refractivity contribution is 7.92. The van der Waals surface area contributed by atoms with Crippen LogP contribution in [0.3, 0.4) is 0 Å². The van der Waals surface area contributed by atoms with E-state index in [9.17, 15) is 17.2 Å². The van der Waals surface area contributed by atoms with Crippen LogP contribution in [-0.2, 0) is 16.6 Å². The van der Waals surface area contributed by atoms with Crippen LogP contribution in [0.5, 0.6) is 0 Å². The first-order valence-corrected chi connectivity index (χ1v) is 11.5. The fraction of sp³-hybridized carbons (Fsp3) is 0.217. The zero-order valence-corrected chi connectivity index (χ0v) is 17.7. The zero-order valence-electron chi connectivity index (χ0n) is 16.8. The van der Waals surface area contributed by atoms with Gasteiger partial charge in [0.2, 0.25) is 0 Å². The number of piperazine rings is 1. The number of para-hydroxylation sites is 1. The Bertz CT molecular complexity index is 1130. The minimum absolute atomic E-state index is 0.321. The third kappa shape index (κ3) is 5.21. The van der Waals surface area contributed by atoms with Crippen molar-refractivity contribution in [2.45, 2.75) is 11.4 Å². The molecule has 0 amide bonds. The van der Waals surface area contributed by atoms with E-state index in [2.05, 4.69) is 26.7 Å². The summed E-state index contributed by atoms with van der Waals surface area (Å²) in [6.07, 6.45) is 0. The maximum Gasteiger partial charge on any atom is 0.264 e. The van der Waals surface area contributed by atoms with E-state index in [1.54, 1.807) is 12.1 Å². The molecule has 0 bridgehead atoms. The molecule has 1 heterocycles. The second kappa shape index (κ2) is 9.03. The average molecular weight is 444 g/mol. The first-order chi connectivity index (χ1) is 14.9. The second-order valence-corrected chi connectivity index (χ2v) is 9.13. The number of hydrogen-bond donors (Lipinski definition) is 1. The minimum Gasteiger partial charge on any atom is -0.369 e. The summed E-state index contributed by atoms with van der Waals surface area (Å²) >= 11 is 0. The van der Waals surface area contributed by atoms with Crippen LogP contribution in [0.2, 0.25) is 0 Å². The molecule has 1 aliphatic heterocycles. The smallest absolute Gasteiger partial charge is 0.264 e. The first-order valence-electron chi connectivity index (χ1n) is 10.00. The largest absolute Gasteiger partial charge is 0.369 e. The lowest BCUT2D eigenvalue weighted by atomic mass is 10.1. The molecule has 1 aliphatic rings. The topological polar surface area (TPSA) is 52.7 Å². The van der Waals surface area contributed by atoms with Crippen molar-refractivity contribution in [3.63, 3.8) is 0 Å². The van der Waals surface area contributed by atoms with E-state index in [1.807, 2.05) is 30.3 Å². The van der Waals surface area contributed by atoms with Crippen LogP contribution in [0.25, 0.3) is 0 Å². The van der Waals surface area contributed by atoms with E-state index in [0.29, 0.717) is 11.8 Å². The van der Waals surface area contributed by atoms with Crippen LogP contribution in [0.15, 0.2) is 77.7 Å². The number of rotatable bonds is 6. The van der Waals surface area contributed by atoms with Gasteiger partial charge in [0.25, 0.3) is 10.0 Å². The Morgan fingerprint density at radius 1 is 0.839 bits per heavy atom. The highest BCUT2D eigenvalue weighted by atomic mass is 32.2. The van der Waals surface area contributed by atoms with Crippen molar-refractivity contribution in [2.75, 3.05) is 35.8 Å². The van der Waals surface area contributed by atoms with Gasteiger partial charge in [0.05, 0.1) is 0 Å². The van der Waals surface area contributed by atoms with E-state index in [1.165, 1.54) is 5.69 Å². The van der Waals surface area contributed by atoms with Crippen LogP contribution in [0.4, 0.5) is 20.2 Å². The van der Waals surface area contributed by atoms with Gasteiger partial charge in [-0.05, 0) is 42.0 Å². The molecule has 0 aromatic heterocycles. The predicted molar refractivity (Wildman–Crippen MR) is 118 cm³/mol. The molecule has 0 atom stereocenters. The lowest BCUT2D eigenvalue weighted by Gasteiger charge is -2.36. The Morgan fingerprint density at radius 3 is 2.16 bits per heavy atom. The Kier molecular flexibility index (Phi) is 6.20. The molecule has 5 nitrogen and oxygen atoms in total. The van der Waals surface area contributed by atoms with E-state index in [-0.39, 0.29) is 0 Å². The minimum atomic E-state index is -4.14. The van der Waals surface area contributed by atoms with Crippen LogP contribution in [0.1, 0.15) is 5.56 Å². The Labute approximate surface area is 181 Å². The summed E-state index contributed by atoms with van der Waals surface area (Å²) in [5.74, 6) is -1.95. The Morgan fingerprint density at radius 2 is 1.52 bits per heavy atom. The van der Waals surface area contributed by atoms with Crippen LogP contribution >= 0.6 is 0 Å². The number of nitrogens with zero attached hydrogens (tertiary/aromatic N) is 2. The molecule has 0 unspecified atom stereocenters. The Hall–Kier alpha value is -2.97. The first kappa shape index (κ1) is 21.3. The van der Waals surface area contributed by atoms with Gasteiger partial charge in [0, 0.05) is 50.2 Å². The maximum absolute atomic E-state index is 13.8. The SMILES string of the molecule is O=S(=O)(Nc1ccc(CN2CCN(c3ccccc3)CC2)cc1)c1ccc(F)cc1F. The standard InChI is InChI=1S/C23H23F2N3O2S/c24-19-8-11-23(22(25)16-19)31(29,30)26-20-9-6-18(7-10-20)17-27-12-14-28(15-13-27)21-4-2-1-3-5-21/h1-11,16,26H,12-15,17H2. The number of hydrogen-bond acceptors (Lipinski definition) is 4. The average Bonchev–Trinajstić information content (AvgIpc) is 2.76. The van der Waals surface area contributed by atoms with E-state index in [4.69, 9.17) is 0 Å². The van der Waals surface area contributed by atoms with Crippen molar-refractivity contribution >= 4 is 21.4 Å². The van der Waals surface area contributed by atoms with Gasteiger partial charge in [0.1, 0.15) is 16.5 Å². The molecule has 8 heteroatoms. The van der Waals surface area contributed by atoms with Crippen molar-refractivity contribution in [1.82, 2.24) is 4.90 Å². The fourth-order valence-electron chi connectivity index (χ4n) is 3.64. The summed E-state index contributed by atoms with van der Waals surface area (Å²) in [5.41, 5.74) is 2.61. The van der Waals surface area contributed by atoms with Gasteiger partial charge < -0.3 is 4.90 Å². The number of benzene rings is 3. The molecule has 1 fully saturated rings. The lowest BCUT2D eigenvalue weighted by molar-refractivity contribution is 0.250.